The first-order chi connectivity index (χ1) is 3.93. The van der Waals surface area contributed by atoms with Crippen LogP contribution in [0.5, 0.6) is 0 Å². The highest BCUT2D eigenvalue weighted by Gasteiger charge is 2.11. The summed E-state index contributed by atoms with van der Waals surface area (Å²) < 4.78 is 0. The van der Waals surface area contributed by atoms with Crippen LogP contribution in [0.3, 0.4) is 0 Å². The van der Waals surface area contributed by atoms with Crippen molar-refractivity contribution in [2.75, 3.05) is 0 Å². The van der Waals surface area contributed by atoms with Gasteiger partial charge < -0.3 is 0 Å². The average Bonchev–Trinajstić information content (AvgIpc) is 1.90. The van der Waals surface area contributed by atoms with Crippen molar-refractivity contribution in [2.24, 2.45) is 0 Å². The smallest absolute Gasteiger partial charge is 0.171 e. The lowest BCUT2D eigenvalue weighted by atomic mass is 10.0. The van der Waals surface area contributed by atoms with Gasteiger partial charge in [0.25, 0.3) is 0 Å². The third-order valence-corrected chi connectivity index (χ3v) is 3.57. The highest BCUT2D eigenvalue weighted by molar-refractivity contribution is 6.94. The molecule has 0 aliphatic heterocycles. The molecule has 1 aliphatic rings. The van der Waals surface area contributed by atoms with Gasteiger partial charge in [-0.25, -0.2) is 0 Å². The molecule has 0 bridgehead atoms. The monoisotopic (exact) mass is 146 g/mol. The molecular weight excluding hydrogens is 136 g/mol. The Kier molecular flexibility index (Phi) is 2.91. The molecule has 0 nitrogen and oxygen atoms in total. The Hall–Kier alpha value is 0.507. The third-order valence-electron chi connectivity index (χ3n) is 1.76. The minimum Gasteiger partial charge on any atom is -0.171 e. The van der Waals surface area contributed by atoms with Crippen LogP contribution in [0.25, 0.3) is 0 Å². The van der Waals surface area contributed by atoms with Gasteiger partial charge in [0.05, 0.1) is 0 Å². The Bertz CT molecular complexity index is 59.5. The first kappa shape index (κ1) is 6.62. The summed E-state index contributed by atoms with van der Waals surface area (Å²) in [6.45, 7) is 0. The Morgan fingerprint density at radius 2 is 1.75 bits per heavy atom. The SMILES string of the molecule is Cl[Si]C1CCCCC1. The fourth-order valence-electron chi connectivity index (χ4n) is 1.21. The molecule has 46 valence electrons. The second-order valence-corrected chi connectivity index (χ2v) is 4.13. The fraction of sp³-hybridized carbons (Fsp3) is 1.00. The van der Waals surface area contributed by atoms with E-state index in [0.29, 0.717) is 8.83 Å². The Balaban J connectivity index is 2.13. The summed E-state index contributed by atoms with van der Waals surface area (Å²) in [5.41, 5.74) is 0.880. The summed E-state index contributed by atoms with van der Waals surface area (Å²) >= 11 is 5.71. The molecule has 1 rings (SSSR count). The maximum absolute atomic E-state index is 5.71. The van der Waals surface area contributed by atoms with Crippen molar-refractivity contribution in [1.29, 1.82) is 0 Å². The largest absolute Gasteiger partial charge is 0.175 e. The zero-order valence-electron chi connectivity index (χ0n) is 4.99. The molecule has 0 atom stereocenters. The van der Waals surface area contributed by atoms with E-state index in [4.69, 9.17) is 11.1 Å². The molecule has 0 saturated heterocycles. The molecule has 0 aromatic heterocycles. The number of rotatable bonds is 1. The normalized spacial score (nSPS) is 23.6. The van der Waals surface area contributed by atoms with Crippen molar-refractivity contribution in [2.45, 2.75) is 37.6 Å². The molecule has 0 amide bonds. The maximum atomic E-state index is 5.71. The van der Waals surface area contributed by atoms with E-state index in [0.717, 1.165) is 5.54 Å². The van der Waals surface area contributed by atoms with Gasteiger partial charge in [0.15, 0.2) is 8.83 Å². The van der Waals surface area contributed by atoms with Crippen LogP contribution in [-0.2, 0) is 0 Å². The standard InChI is InChI=1S/C6H11ClSi/c7-8-6-4-2-1-3-5-6/h6H,1-5H2. The molecule has 0 spiro atoms. The molecule has 0 aromatic carbocycles. The molecular formula is C6H11ClSi. The summed E-state index contributed by atoms with van der Waals surface area (Å²) in [6.07, 6.45) is 7.07. The highest BCUT2D eigenvalue weighted by Crippen LogP contribution is 2.27. The second-order valence-electron chi connectivity index (χ2n) is 2.44. The van der Waals surface area contributed by atoms with E-state index in [2.05, 4.69) is 0 Å². The molecule has 8 heavy (non-hydrogen) atoms. The van der Waals surface area contributed by atoms with Gasteiger partial charge in [0, 0.05) is 0 Å². The summed E-state index contributed by atoms with van der Waals surface area (Å²) in [4.78, 5) is 0. The lowest BCUT2D eigenvalue weighted by molar-refractivity contribution is 0.503. The third kappa shape index (κ3) is 1.79. The Morgan fingerprint density at radius 3 is 2.12 bits per heavy atom. The number of hydrogen-bond acceptors (Lipinski definition) is 0. The number of hydrogen-bond donors (Lipinski definition) is 0. The van der Waals surface area contributed by atoms with Gasteiger partial charge in [-0.05, 0) is 5.54 Å². The molecule has 2 radical (unpaired) electrons. The molecule has 2 heteroatoms. The van der Waals surface area contributed by atoms with Crippen molar-refractivity contribution in [3.63, 3.8) is 0 Å². The van der Waals surface area contributed by atoms with Crippen LogP contribution in [0.15, 0.2) is 0 Å². The van der Waals surface area contributed by atoms with Crippen LogP contribution in [-0.4, -0.2) is 8.83 Å². The molecule has 1 aliphatic carbocycles. The molecule has 1 fully saturated rings. The lowest BCUT2D eigenvalue weighted by Crippen LogP contribution is -2.03. The van der Waals surface area contributed by atoms with Gasteiger partial charge in [-0.15, -0.1) is 0 Å². The van der Waals surface area contributed by atoms with Gasteiger partial charge in [-0.2, -0.15) is 11.1 Å². The molecule has 0 unspecified atom stereocenters. The molecule has 0 N–H and O–H groups in total. The predicted molar refractivity (Wildman–Crippen MR) is 38.4 cm³/mol. The zero-order chi connectivity index (χ0) is 5.82. The lowest BCUT2D eigenvalue weighted by Gasteiger charge is -2.17. The zero-order valence-corrected chi connectivity index (χ0v) is 6.75. The quantitative estimate of drug-likeness (QED) is 0.394. The average molecular weight is 147 g/mol. The van der Waals surface area contributed by atoms with Crippen LogP contribution >= 0.6 is 11.1 Å². The van der Waals surface area contributed by atoms with E-state index < -0.39 is 0 Å². The van der Waals surface area contributed by atoms with Crippen LogP contribution < -0.4 is 0 Å². The topological polar surface area (TPSA) is 0 Å². The summed E-state index contributed by atoms with van der Waals surface area (Å²) in [6, 6.07) is 0. The second kappa shape index (κ2) is 3.52. The van der Waals surface area contributed by atoms with Gasteiger partial charge in [0.2, 0.25) is 0 Å². The van der Waals surface area contributed by atoms with Gasteiger partial charge in [-0.3, -0.25) is 0 Å². The Morgan fingerprint density at radius 1 is 1.12 bits per heavy atom. The van der Waals surface area contributed by atoms with E-state index >= 15 is 0 Å². The molecule has 0 heterocycles. The van der Waals surface area contributed by atoms with Gasteiger partial charge >= 0.3 is 0 Å². The summed E-state index contributed by atoms with van der Waals surface area (Å²) in [7, 11) is 0.679. The number of halogens is 1. The van der Waals surface area contributed by atoms with E-state index in [1.165, 1.54) is 32.1 Å². The van der Waals surface area contributed by atoms with E-state index in [1.54, 1.807) is 0 Å². The van der Waals surface area contributed by atoms with E-state index in [-0.39, 0.29) is 0 Å². The van der Waals surface area contributed by atoms with Crippen molar-refractivity contribution < 1.29 is 0 Å². The van der Waals surface area contributed by atoms with Crippen LogP contribution in [0.1, 0.15) is 32.1 Å². The van der Waals surface area contributed by atoms with E-state index in [9.17, 15) is 0 Å². The van der Waals surface area contributed by atoms with Crippen molar-refractivity contribution in [1.82, 2.24) is 0 Å². The van der Waals surface area contributed by atoms with Crippen molar-refractivity contribution >= 4 is 19.9 Å². The minimum absolute atomic E-state index is 0.679. The van der Waals surface area contributed by atoms with Crippen LogP contribution in [0.2, 0.25) is 5.54 Å². The first-order valence-corrected chi connectivity index (χ1v) is 5.38. The molecule has 0 aromatic rings. The summed E-state index contributed by atoms with van der Waals surface area (Å²) in [5, 5.41) is 0. The minimum atomic E-state index is 0.679. The predicted octanol–water partition coefficient (Wildman–Crippen LogP) is 2.60. The highest BCUT2D eigenvalue weighted by atomic mass is 35.6. The van der Waals surface area contributed by atoms with Gasteiger partial charge in [-0.1, -0.05) is 32.1 Å². The maximum Gasteiger partial charge on any atom is 0.175 e. The fourth-order valence-corrected chi connectivity index (χ4v) is 2.49. The van der Waals surface area contributed by atoms with Gasteiger partial charge in [0.1, 0.15) is 0 Å². The summed E-state index contributed by atoms with van der Waals surface area (Å²) in [5.74, 6) is 0. The van der Waals surface area contributed by atoms with Crippen molar-refractivity contribution in [3.05, 3.63) is 0 Å². The molecule has 1 saturated carbocycles. The van der Waals surface area contributed by atoms with E-state index in [1.807, 2.05) is 0 Å². The van der Waals surface area contributed by atoms with Crippen molar-refractivity contribution in [3.8, 4) is 0 Å². The first-order valence-electron chi connectivity index (χ1n) is 3.29. The van der Waals surface area contributed by atoms with Crippen LogP contribution in [0.4, 0.5) is 0 Å². The Labute approximate surface area is 58.1 Å². The van der Waals surface area contributed by atoms with Crippen LogP contribution in [0, 0.1) is 0 Å².